The van der Waals surface area contributed by atoms with Gasteiger partial charge in [0.25, 0.3) is 0 Å². The molecule has 41 heavy (non-hydrogen) atoms. The lowest BCUT2D eigenvalue weighted by atomic mass is 9.79. The van der Waals surface area contributed by atoms with E-state index in [4.69, 9.17) is 9.98 Å². The monoisotopic (exact) mass is 539 g/mol. The van der Waals surface area contributed by atoms with Crippen molar-refractivity contribution in [1.82, 2.24) is 25.3 Å². The number of pyridine rings is 1. The summed E-state index contributed by atoms with van der Waals surface area (Å²) in [6, 6.07) is 7.94. The topological polar surface area (TPSA) is 108 Å². The van der Waals surface area contributed by atoms with Crippen LogP contribution in [0.1, 0.15) is 32.0 Å². The summed E-state index contributed by atoms with van der Waals surface area (Å²) in [5, 5.41) is 5.40. The molecular weight excluding hydrogens is 510 g/mol. The molecule has 8 heteroatoms. The van der Waals surface area contributed by atoms with Gasteiger partial charge in [0.05, 0.1) is 22.5 Å². The Hall–Kier alpha value is -4.98. The number of rotatable bonds is 2. The third-order valence-electron chi connectivity index (χ3n) is 8.04. The highest BCUT2D eigenvalue weighted by molar-refractivity contribution is 6.20. The zero-order valence-electron chi connectivity index (χ0n) is 23.3. The standard InChI is InChI=1S/C33H29N7O/c1-20-5-6-21(17-34-20)29-35-18-22(19-36-29)33-12-11-26(39-33)14-25-8-7-23(37-25)13-24-9-10-27(38-24)15-32(4)30(41)31(2,3)28(16-33)40-32/h5-19,37,40H,1-4H3. The van der Waals surface area contributed by atoms with Gasteiger partial charge >= 0.3 is 0 Å². The van der Waals surface area contributed by atoms with Crippen molar-refractivity contribution in [3.8, 4) is 11.4 Å². The van der Waals surface area contributed by atoms with E-state index in [1.54, 1.807) is 18.6 Å². The Balaban J connectivity index is 1.41. The predicted octanol–water partition coefficient (Wildman–Crippen LogP) is 3.39. The Morgan fingerprint density at radius 3 is 2.29 bits per heavy atom. The number of fused-ring (bicyclic) bond motifs is 6. The molecule has 3 aromatic rings. The van der Waals surface area contributed by atoms with E-state index in [9.17, 15) is 4.79 Å². The average Bonchev–Trinajstić information content (AvgIpc) is 3.72. The molecule has 2 atom stereocenters. The molecule has 0 radical (unpaired) electrons. The van der Waals surface area contributed by atoms with Crippen LogP contribution in [0.25, 0.3) is 23.5 Å². The van der Waals surface area contributed by atoms with Crippen molar-refractivity contribution in [2.24, 2.45) is 15.4 Å². The van der Waals surface area contributed by atoms with Crippen molar-refractivity contribution in [3.63, 3.8) is 0 Å². The summed E-state index contributed by atoms with van der Waals surface area (Å²) in [7, 11) is 0. The fourth-order valence-electron chi connectivity index (χ4n) is 5.76. The van der Waals surface area contributed by atoms with Gasteiger partial charge in [-0.15, -0.1) is 0 Å². The summed E-state index contributed by atoms with van der Waals surface area (Å²) in [5.74, 6) is 0.652. The van der Waals surface area contributed by atoms with Gasteiger partial charge in [-0.05, 0) is 101 Å². The molecule has 4 aliphatic rings. The van der Waals surface area contributed by atoms with Gasteiger partial charge in [-0.25, -0.2) is 15.0 Å². The van der Waals surface area contributed by atoms with Crippen LogP contribution < -0.4 is 16.0 Å². The molecule has 0 amide bonds. The second kappa shape index (κ2) is 8.76. The largest absolute Gasteiger partial charge is 0.373 e. The van der Waals surface area contributed by atoms with E-state index < -0.39 is 16.5 Å². The van der Waals surface area contributed by atoms with Gasteiger partial charge in [0.1, 0.15) is 11.1 Å². The Bertz CT molecular complexity index is 1920. The minimum Gasteiger partial charge on any atom is -0.373 e. The lowest BCUT2D eigenvalue weighted by Crippen LogP contribution is -2.41. The average molecular weight is 540 g/mol. The first kappa shape index (κ1) is 25.0. The minimum atomic E-state index is -0.939. The normalized spacial score (nSPS) is 25.5. The van der Waals surface area contributed by atoms with E-state index in [0.29, 0.717) is 5.82 Å². The summed E-state index contributed by atoms with van der Waals surface area (Å²) in [6.45, 7) is 7.75. The molecule has 3 aromatic heterocycles. The molecule has 1 fully saturated rings. The molecule has 8 bridgehead atoms. The van der Waals surface area contributed by atoms with E-state index in [2.05, 4.69) is 25.3 Å². The Labute approximate surface area is 237 Å². The van der Waals surface area contributed by atoms with Gasteiger partial charge in [0.2, 0.25) is 0 Å². The number of carbonyl (C=O) groups excluding carboxylic acids is 1. The number of Topliss-reactive ketones (excluding diaryl/α,β-unsaturated/α-hetero) is 1. The van der Waals surface area contributed by atoms with Gasteiger partial charge in [0, 0.05) is 51.8 Å². The molecule has 2 N–H and O–H groups in total. The summed E-state index contributed by atoms with van der Waals surface area (Å²) in [5.41, 5.74) is 3.07. The highest BCUT2D eigenvalue weighted by Gasteiger charge is 2.52. The first-order valence-corrected chi connectivity index (χ1v) is 13.6. The minimum absolute atomic E-state index is 0.0639. The van der Waals surface area contributed by atoms with E-state index in [0.717, 1.165) is 50.3 Å². The number of aliphatic imine (C=N–C) groups is 2. The second-order valence-electron chi connectivity index (χ2n) is 11.6. The maximum Gasteiger partial charge on any atom is 0.173 e. The third kappa shape index (κ3) is 4.23. The van der Waals surface area contributed by atoms with Crippen LogP contribution in [0, 0.1) is 12.3 Å². The Morgan fingerprint density at radius 2 is 1.56 bits per heavy atom. The van der Waals surface area contributed by atoms with Gasteiger partial charge < -0.3 is 10.3 Å². The Morgan fingerprint density at radius 1 is 0.805 bits per heavy atom. The first-order chi connectivity index (χ1) is 19.6. The highest BCUT2D eigenvalue weighted by atomic mass is 16.1. The number of hydrogen-bond acceptors (Lipinski definition) is 7. The molecule has 7 rings (SSSR count). The quantitative estimate of drug-likeness (QED) is 0.519. The predicted molar refractivity (Wildman–Crippen MR) is 160 cm³/mol. The van der Waals surface area contributed by atoms with Crippen LogP contribution in [-0.4, -0.2) is 42.7 Å². The van der Waals surface area contributed by atoms with Crippen LogP contribution in [0.4, 0.5) is 0 Å². The van der Waals surface area contributed by atoms with Crippen LogP contribution in [0.2, 0.25) is 0 Å². The molecule has 0 aliphatic carbocycles. The summed E-state index contributed by atoms with van der Waals surface area (Å²) >= 11 is 0. The summed E-state index contributed by atoms with van der Waals surface area (Å²) in [6.07, 6.45) is 21.3. The lowest BCUT2D eigenvalue weighted by molar-refractivity contribution is -0.126. The van der Waals surface area contributed by atoms with E-state index in [1.807, 2.05) is 101 Å². The van der Waals surface area contributed by atoms with Crippen LogP contribution >= 0.6 is 0 Å². The van der Waals surface area contributed by atoms with E-state index in [1.165, 1.54) is 0 Å². The molecule has 4 aliphatic heterocycles. The molecule has 2 unspecified atom stereocenters. The fraction of sp³-hybridized carbons (Fsp3) is 0.212. The SMILES string of the molecule is Cc1ccc(-c2ncc(C34C=CC(=N3)C=c3ccc([nH]3)=CC3=NC(=CC5(C)NC(=C4)C(C)(C)C5=O)C=C3)cn2)cn1. The third-order valence-corrected chi connectivity index (χ3v) is 8.04. The van der Waals surface area contributed by atoms with Gasteiger partial charge in [-0.3, -0.25) is 14.8 Å². The van der Waals surface area contributed by atoms with Crippen LogP contribution in [0.5, 0.6) is 0 Å². The Kier molecular flexibility index (Phi) is 5.35. The number of aryl methyl sites for hydroxylation is 1. The van der Waals surface area contributed by atoms with Crippen molar-refractivity contribution in [3.05, 3.63) is 113 Å². The van der Waals surface area contributed by atoms with Gasteiger partial charge in [0.15, 0.2) is 11.6 Å². The number of allylic oxidation sites excluding steroid dienone is 4. The second-order valence-corrected chi connectivity index (χ2v) is 11.6. The summed E-state index contributed by atoms with van der Waals surface area (Å²) in [4.78, 5) is 41.0. The van der Waals surface area contributed by atoms with E-state index >= 15 is 0 Å². The van der Waals surface area contributed by atoms with Crippen LogP contribution in [-0.2, 0) is 10.3 Å². The maximum atomic E-state index is 13.9. The zero-order valence-corrected chi connectivity index (χ0v) is 23.3. The molecule has 0 aromatic carbocycles. The number of carbonyl (C=O) groups is 1. The molecule has 0 spiro atoms. The molecule has 202 valence electrons. The number of H-pyrrole nitrogens is 1. The number of ketones is 1. The lowest BCUT2D eigenvalue weighted by Gasteiger charge is -2.25. The molecule has 7 heterocycles. The number of aromatic nitrogens is 4. The highest BCUT2D eigenvalue weighted by Crippen LogP contribution is 2.44. The van der Waals surface area contributed by atoms with E-state index in [-0.39, 0.29) is 5.78 Å². The molecule has 1 saturated heterocycles. The number of nitrogens with zero attached hydrogens (tertiary/aromatic N) is 5. The smallest absolute Gasteiger partial charge is 0.173 e. The fourth-order valence-corrected chi connectivity index (χ4v) is 5.76. The molecule has 8 nitrogen and oxygen atoms in total. The molecular formula is C33H29N7O. The zero-order chi connectivity index (χ0) is 28.4. The number of hydrogen-bond donors (Lipinski definition) is 2. The van der Waals surface area contributed by atoms with Crippen LogP contribution in [0.15, 0.2) is 101 Å². The van der Waals surface area contributed by atoms with Crippen molar-refractivity contribution in [1.29, 1.82) is 0 Å². The first-order valence-electron chi connectivity index (χ1n) is 13.6. The van der Waals surface area contributed by atoms with Crippen molar-refractivity contribution < 1.29 is 4.79 Å². The summed E-state index contributed by atoms with van der Waals surface area (Å²) < 4.78 is 0. The number of nitrogens with one attached hydrogen (secondary N) is 2. The van der Waals surface area contributed by atoms with Gasteiger partial charge in [-0.1, -0.05) is 0 Å². The molecule has 0 saturated carbocycles. The van der Waals surface area contributed by atoms with Gasteiger partial charge in [-0.2, -0.15) is 0 Å². The maximum absolute atomic E-state index is 13.9. The van der Waals surface area contributed by atoms with Crippen molar-refractivity contribution in [2.45, 2.75) is 38.8 Å². The van der Waals surface area contributed by atoms with Crippen molar-refractivity contribution >= 4 is 29.4 Å². The number of aromatic amines is 1. The van der Waals surface area contributed by atoms with Crippen LogP contribution in [0.3, 0.4) is 0 Å². The van der Waals surface area contributed by atoms with Crippen molar-refractivity contribution in [2.75, 3.05) is 0 Å².